The van der Waals surface area contributed by atoms with E-state index in [2.05, 4.69) is 52.5 Å². The molecule has 1 nitrogen and oxygen atoms in total. The Hall–Kier alpha value is -1.12. The van der Waals surface area contributed by atoms with Crippen LogP contribution >= 0.6 is 11.3 Å². The van der Waals surface area contributed by atoms with E-state index < -0.39 is 0 Å². The normalized spacial score (nSPS) is 16.7. The van der Waals surface area contributed by atoms with Gasteiger partial charge in [0.25, 0.3) is 0 Å². The number of benzene rings is 1. The Morgan fingerprint density at radius 3 is 2.67 bits per heavy atom. The Morgan fingerprint density at radius 2 is 2.00 bits per heavy atom. The van der Waals surface area contributed by atoms with Crippen molar-refractivity contribution in [1.29, 1.82) is 0 Å². The summed E-state index contributed by atoms with van der Waals surface area (Å²) in [5.74, 6) is 0.856. The lowest BCUT2D eigenvalue weighted by Crippen LogP contribution is -2.25. The molecule has 1 atom stereocenters. The minimum absolute atomic E-state index is 0.560. The molecular weight excluding hydrogens is 238 g/mol. The summed E-state index contributed by atoms with van der Waals surface area (Å²) in [6, 6.07) is 13.7. The van der Waals surface area contributed by atoms with Gasteiger partial charge in [0.2, 0.25) is 0 Å². The third-order valence-electron chi connectivity index (χ3n) is 3.61. The Balaban J connectivity index is 1.58. The van der Waals surface area contributed by atoms with E-state index in [1.165, 1.54) is 24.0 Å². The molecule has 0 aliphatic heterocycles. The van der Waals surface area contributed by atoms with E-state index in [4.69, 9.17) is 0 Å². The van der Waals surface area contributed by atoms with Crippen LogP contribution < -0.4 is 5.32 Å². The lowest BCUT2D eigenvalue weighted by atomic mass is 10.0. The summed E-state index contributed by atoms with van der Waals surface area (Å²) in [7, 11) is 0. The highest BCUT2D eigenvalue weighted by molar-refractivity contribution is 7.07. The molecule has 0 radical (unpaired) electrons. The fraction of sp³-hybridized carbons (Fsp3) is 0.375. The van der Waals surface area contributed by atoms with Gasteiger partial charge in [-0.2, -0.15) is 11.3 Å². The molecule has 94 valence electrons. The summed E-state index contributed by atoms with van der Waals surface area (Å²) in [5.41, 5.74) is 2.90. The molecule has 1 N–H and O–H groups in total. The fourth-order valence-electron chi connectivity index (χ4n) is 2.45. The average molecular weight is 257 g/mol. The van der Waals surface area contributed by atoms with E-state index in [1.807, 2.05) is 0 Å². The van der Waals surface area contributed by atoms with Crippen molar-refractivity contribution in [3.8, 4) is 0 Å². The second-order valence-electron chi connectivity index (χ2n) is 5.06. The zero-order valence-corrected chi connectivity index (χ0v) is 11.3. The summed E-state index contributed by atoms with van der Waals surface area (Å²) in [4.78, 5) is 0. The summed E-state index contributed by atoms with van der Waals surface area (Å²) in [5, 5.41) is 8.14. The first kappa shape index (κ1) is 11.9. The van der Waals surface area contributed by atoms with Crippen LogP contribution in [0.2, 0.25) is 0 Å². The zero-order valence-electron chi connectivity index (χ0n) is 10.5. The molecule has 1 saturated carbocycles. The topological polar surface area (TPSA) is 12.0 Å². The second-order valence-corrected chi connectivity index (χ2v) is 5.84. The van der Waals surface area contributed by atoms with Gasteiger partial charge < -0.3 is 5.32 Å². The van der Waals surface area contributed by atoms with Crippen molar-refractivity contribution < 1.29 is 0 Å². The number of hydrogen-bond acceptors (Lipinski definition) is 2. The van der Waals surface area contributed by atoms with E-state index >= 15 is 0 Å². The predicted molar refractivity (Wildman–Crippen MR) is 77.9 cm³/mol. The SMILES string of the molecule is c1ccc(C(NCCc2ccsc2)C2CC2)cc1. The van der Waals surface area contributed by atoms with E-state index in [9.17, 15) is 0 Å². The minimum atomic E-state index is 0.560. The van der Waals surface area contributed by atoms with Gasteiger partial charge in [-0.3, -0.25) is 0 Å². The van der Waals surface area contributed by atoms with E-state index in [0.29, 0.717) is 6.04 Å². The van der Waals surface area contributed by atoms with Crippen molar-refractivity contribution in [2.24, 2.45) is 5.92 Å². The van der Waals surface area contributed by atoms with E-state index in [-0.39, 0.29) is 0 Å². The first-order chi connectivity index (χ1) is 8.93. The summed E-state index contributed by atoms with van der Waals surface area (Å²) in [6.45, 7) is 1.08. The number of hydrogen-bond donors (Lipinski definition) is 1. The number of thiophene rings is 1. The zero-order chi connectivity index (χ0) is 12.2. The maximum atomic E-state index is 3.74. The molecule has 1 fully saturated rings. The molecule has 0 spiro atoms. The molecule has 1 aromatic carbocycles. The van der Waals surface area contributed by atoms with Crippen LogP contribution in [-0.2, 0) is 6.42 Å². The van der Waals surface area contributed by atoms with Crippen molar-refractivity contribution >= 4 is 11.3 Å². The first-order valence-corrected chi connectivity index (χ1v) is 7.67. The molecule has 0 saturated heterocycles. The molecule has 2 aromatic rings. The standard InChI is InChI=1S/C16H19NS/c1-2-4-14(5-3-1)16(15-6-7-15)17-10-8-13-9-11-18-12-13/h1-5,9,11-12,15-17H,6-8,10H2. The molecule has 2 heteroatoms. The monoisotopic (exact) mass is 257 g/mol. The van der Waals surface area contributed by atoms with Crippen molar-refractivity contribution in [3.63, 3.8) is 0 Å². The van der Waals surface area contributed by atoms with Gasteiger partial charge >= 0.3 is 0 Å². The first-order valence-electron chi connectivity index (χ1n) is 6.73. The van der Waals surface area contributed by atoms with Gasteiger partial charge in [-0.25, -0.2) is 0 Å². The molecule has 1 unspecified atom stereocenters. The van der Waals surface area contributed by atoms with E-state index in [0.717, 1.165) is 18.9 Å². The molecule has 1 aliphatic rings. The van der Waals surface area contributed by atoms with Crippen LogP contribution in [0.1, 0.15) is 30.0 Å². The van der Waals surface area contributed by atoms with Gasteiger partial charge in [-0.15, -0.1) is 0 Å². The molecule has 1 aromatic heterocycles. The van der Waals surface area contributed by atoms with Crippen LogP contribution in [0.4, 0.5) is 0 Å². The largest absolute Gasteiger partial charge is 0.309 e. The van der Waals surface area contributed by atoms with Crippen LogP contribution in [0.25, 0.3) is 0 Å². The van der Waals surface area contributed by atoms with Gasteiger partial charge in [0.1, 0.15) is 0 Å². The average Bonchev–Trinajstić information content (AvgIpc) is 3.12. The molecule has 0 amide bonds. The molecule has 3 rings (SSSR count). The van der Waals surface area contributed by atoms with Crippen LogP contribution in [0, 0.1) is 5.92 Å². The van der Waals surface area contributed by atoms with Gasteiger partial charge in [-0.1, -0.05) is 30.3 Å². The number of rotatable bonds is 6. The molecule has 0 bridgehead atoms. The Morgan fingerprint density at radius 1 is 1.17 bits per heavy atom. The smallest absolute Gasteiger partial charge is 0.0348 e. The van der Waals surface area contributed by atoms with Crippen LogP contribution in [0.3, 0.4) is 0 Å². The van der Waals surface area contributed by atoms with Gasteiger partial charge in [0, 0.05) is 6.04 Å². The minimum Gasteiger partial charge on any atom is -0.309 e. The van der Waals surface area contributed by atoms with Gasteiger partial charge in [0.15, 0.2) is 0 Å². The molecular formula is C16H19NS. The second kappa shape index (κ2) is 5.68. The highest BCUT2D eigenvalue weighted by atomic mass is 32.1. The van der Waals surface area contributed by atoms with Crippen LogP contribution in [-0.4, -0.2) is 6.54 Å². The maximum Gasteiger partial charge on any atom is 0.0348 e. The highest BCUT2D eigenvalue weighted by Gasteiger charge is 2.31. The molecule has 18 heavy (non-hydrogen) atoms. The van der Waals surface area contributed by atoms with E-state index in [1.54, 1.807) is 11.3 Å². The Kier molecular flexibility index (Phi) is 3.77. The third kappa shape index (κ3) is 3.01. The Bertz CT molecular complexity index is 459. The molecule has 1 aliphatic carbocycles. The van der Waals surface area contributed by atoms with Crippen LogP contribution in [0.5, 0.6) is 0 Å². The van der Waals surface area contributed by atoms with Crippen LogP contribution in [0.15, 0.2) is 47.2 Å². The third-order valence-corrected chi connectivity index (χ3v) is 4.34. The Labute approximate surface area is 113 Å². The van der Waals surface area contributed by atoms with Gasteiger partial charge in [0.05, 0.1) is 0 Å². The summed E-state index contributed by atoms with van der Waals surface area (Å²) in [6.07, 6.45) is 3.90. The summed E-state index contributed by atoms with van der Waals surface area (Å²) < 4.78 is 0. The van der Waals surface area contributed by atoms with Crippen molar-refractivity contribution in [2.75, 3.05) is 6.54 Å². The van der Waals surface area contributed by atoms with Crippen molar-refractivity contribution in [3.05, 3.63) is 58.3 Å². The lowest BCUT2D eigenvalue weighted by molar-refractivity contribution is 0.484. The maximum absolute atomic E-state index is 3.74. The lowest BCUT2D eigenvalue weighted by Gasteiger charge is -2.18. The van der Waals surface area contributed by atoms with Crippen molar-refractivity contribution in [2.45, 2.75) is 25.3 Å². The fourth-order valence-corrected chi connectivity index (χ4v) is 3.16. The predicted octanol–water partition coefficient (Wildman–Crippen LogP) is 4.03. The van der Waals surface area contributed by atoms with Gasteiger partial charge in [-0.05, 0) is 59.7 Å². The summed E-state index contributed by atoms with van der Waals surface area (Å²) >= 11 is 1.79. The van der Waals surface area contributed by atoms with Crippen molar-refractivity contribution in [1.82, 2.24) is 5.32 Å². The highest BCUT2D eigenvalue weighted by Crippen LogP contribution is 2.40. The number of nitrogens with one attached hydrogen (secondary N) is 1. The quantitative estimate of drug-likeness (QED) is 0.824. The molecule has 1 heterocycles.